The first-order valence-electron chi connectivity index (χ1n) is 17.2. The molecule has 1 unspecified atom stereocenters. The fourth-order valence-corrected chi connectivity index (χ4v) is 4.46. The van der Waals surface area contributed by atoms with Gasteiger partial charge in [0.05, 0.1) is 5.51 Å². The van der Waals surface area contributed by atoms with E-state index < -0.39 is 0 Å². The van der Waals surface area contributed by atoms with Crippen molar-refractivity contribution >= 4 is 11.3 Å². The maximum atomic E-state index is 5.72. The molecule has 0 N–H and O–H groups in total. The molecule has 0 fully saturated rings. The summed E-state index contributed by atoms with van der Waals surface area (Å²) in [5.41, 5.74) is 8.31. The molecular formula is C41H68N2OS. The highest BCUT2D eigenvalue weighted by Gasteiger charge is 2.12. The highest BCUT2D eigenvalue weighted by molar-refractivity contribution is 7.09. The van der Waals surface area contributed by atoms with Crippen LogP contribution in [0.25, 0.3) is 0 Å². The molecule has 0 bridgehead atoms. The van der Waals surface area contributed by atoms with Crippen LogP contribution in [0, 0.1) is 5.92 Å². The molecule has 2 aromatic heterocycles. The number of unbranched alkanes of at least 4 members (excludes halogenated alkanes) is 1. The van der Waals surface area contributed by atoms with E-state index in [1.54, 1.807) is 17.4 Å². The zero-order valence-corrected chi connectivity index (χ0v) is 31.9. The van der Waals surface area contributed by atoms with Gasteiger partial charge in [-0.25, -0.2) is 4.98 Å². The van der Waals surface area contributed by atoms with Gasteiger partial charge in [0.1, 0.15) is 6.61 Å². The molecule has 0 aromatic carbocycles. The van der Waals surface area contributed by atoms with Gasteiger partial charge in [0.15, 0.2) is 0 Å². The molecule has 0 aliphatic rings. The summed E-state index contributed by atoms with van der Waals surface area (Å²) in [5, 5.41) is 0. The Morgan fingerprint density at radius 3 is 2.09 bits per heavy atom. The minimum Gasteiger partial charge on any atom is -0.473 e. The highest BCUT2D eigenvalue weighted by Crippen LogP contribution is 2.26. The first-order chi connectivity index (χ1) is 21.5. The third-order valence-corrected chi connectivity index (χ3v) is 8.27. The van der Waals surface area contributed by atoms with Gasteiger partial charge in [0.25, 0.3) is 0 Å². The molecule has 0 saturated carbocycles. The average molecular weight is 637 g/mol. The number of ether oxygens (including phenoxy) is 1. The Bertz CT molecular complexity index is 1070. The van der Waals surface area contributed by atoms with Crippen molar-refractivity contribution in [1.29, 1.82) is 0 Å². The fraction of sp³-hybridized carbons (Fsp3) is 0.561. The van der Waals surface area contributed by atoms with Crippen LogP contribution < -0.4 is 4.74 Å². The van der Waals surface area contributed by atoms with Crippen LogP contribution in [0.5, 0.6) is 5.88 Å². The Morgan fingerprint density at radius 2 is 1.62 bits per heavy atom. The van der Waals surface area contributed by atoms with Gasteiger partial charge in [0.2, 0.25) is 5.88 Å². The van der Waals surface area contributed by atoms with Gasteiger partial charge in [-0.15, -0.1) is 11.3 Å². The molecule has 3 nitrogen and oxygen atoms in total. The molecule has 0 amide bonds. The fourth-order valence-electron chi connectivity index (χ4n) is 3.82. The average Bonchev–Trinajstić information content (AvgIpc) is 3.56. The van der Waals surface area contributed by atoms with Crippen LogP contribution in [0.3, 0.4) is 0 Å². The number of hydrogen-bond donors (Lipinski definition) is 0. The quantitative estimate of drug-likeness (QED) is 0.136. The minimum atomic E-state index is 0.451. The van der Waals surface area contributed by atoms with Crippen LogP contribution in [0.4, 0.5) is 0 Å². The molecular weight excluding hydrogens is 569 g/mol. The van der Waals surface area contributed by atoms with E-state index in [9.17, 15) is 0 Å². The zero-order chi connectivity index (χ0) is 34.5. The molecule has 254 valence electrons. The van der Waals surface area contributed by atoms with Crippen LogP contribution in [-0.4, -0.2) is 16.6 Å². The lowest BCUT2D eigenvalue weighted by atomic mass is 9.94. The van der Waals surface area contributed by atoms with E-state index >= 15 is 0 Å². The molecule has 2 heterocycles. The monoisotopic (exact) mass is 637 g/mol. The summed E-state index contributed by atoms with van der Waals surface area (Å²) in [6.07, 6.45) is 20.7. The van der Waals surface area contributed by atoms with Crippen molar-refractivity contribution in [3.8, 4) is 5.88 Å². The maximum Gasteiger partial charge on any atom is 0.213 e. The molecule has 2 rings (SSSR count). The van der Waals surface area contributed by atoms with E-state index in [0.717, 1.165) is 17.2 Å². The van der Waals surface area contributed by atoms with Crippen LogP contribution >= 0.6 is 11.3 Å². The number of aromatic nitrogens is 2. The summed E-state index contributed by atoms with van der Waals surface area (Å²) >= 11 is 1.75. The second-order valence-electron chi connectivity index (χ2n) is 12.1. The van der Waals surface area contributed by atoms with Crippen molar-refractivity contribution in [1.82, 2.24) is 9.97 Å². The van der Waals surface area contributed by atoms with Gasteiger partial charge in [-0.2, -0.15) is 0 Å². The Morgan fingerprint density at radius 1 is 0.978 bits per heavy atom. The van der Waals surface area contributed by atoms with Crippen molar-refractivity contribution in [2.24, 2.45) is 5.92 Å². The number of aryl methyl sites for hydroxylation is 1. The van der Waals surface area contributed by atoms with E-state index in [2.05, 4.69) is 111 Å². The number of rotatable bonds is 16. The van der Waals surface area contributed by atoms with E-state index in [0.29, 0.717) is 18.4 Å². The molecule has 4 heteroatoms. The van der Waals surface area contributed by atoms with Crippen molar-refractivity contribution in [3.05, 3.63) is 100 Å². The molecule has 0 spiro atoms. The number of nitrogens with zero attached hydrogens (tertiary/aromatic N) is 2. The molecule has 0 radical (unpaired) electrons. The van der Waals surface area contributed by atoms with E-state index in [1.807, 2.05) is 36.0 Å². The van der Waals surface area contributed by atoms with Crippen molar-refractivity contribution in [2.45, 2.75) is 140 Å². The largest absolute Gasteiger partial charge is 0.473 e. The van der Waals surface area contributed by atoms with Gasteiger partial charge in [-0.3, -0.25) is 4.98 Å². The van der Waals surface area contributed by atoms with Gasteiger partial charge in [-0.1, -0.05) is 121 Å². The Hall–Kier alpha value is -2.72. The SMILES string of the molecule is C/C=C(\C)CC(C)CC.C=C/C=C\C(=C)COc1cccc(C(CCC)CCC)n1.CC(C)=C(C)C.CCCCc1cncs1. The summed E-state index contributed by atoms with van der Waals surface area (Å²) in [4.78, 5) is 10.1. The maximum absolute atomic E-state index is 5.72. The van der Waals surface area contributed by atoms with Gasteiger partial charge in [0, 0.05) is 28.8 Å². The lowest BCUT2D eigenvalue weighted by molar-refractivity contribution is 0.339. The van der Waals surface area contributed by atoms with Crippen molar-refractivity contribution < 1.29 is 4.74 Å². The standard InChI is InChI=1S/C19H27NO.C9H18.C7H11NS.C6H12/c1-5-8-12-16(4)15-21-19-14-9-13-18(20-19)17(10-6-2)11-7-3;1-5-8(3)7-9(4)6-2;1-2-3-4-7-5-8-6-9-7;1-5(2)6(3)4/h5,8-9,12-14,17H,1,4,6-7,10-11,15H2,2-3H3;5,9H,6-7H2,1-4H3;5-6H,2-4H2,1H3;1-4H3/b12-8-;8-5+;;. The lowest BCUT2D eigenvalue weighted by Gasteiger charge is -2.15. The molecule has 1 atom stereocenters. The highest BCUT2D eigenvalue weighted by atomic mass is 32.1. The Balaban J connectivity index is 0. The van der Waals surface area contributed by atoms with Crippen molar-refractivity contribution in [2.75, 3.05) is 6.61 Å². The smallest absolute Gasteiger partial charge is 0.213 e. The summed E-state index contributed by atoms with van der Waals surface area (Å²) < 4.78 is 5.72. The number of pyridine rings is 1. The second kappa shape index (κ2) is 30.0. The third kappa shape index (κ3) is 26.2. The van der Waals surface area contributed by atoms with Gasteiger partial charge in [-0.05, 0) is 91.2 Å². The number of thiazole rings is 1. The minimum absolute atomic E-state index is 0.451. The number of hydrogen-bond acceptors (Lipinski definition) is 4. The van der Waals surface area contributed by atoms with Crippen LogP contribution in [0.2, 0.25) is 0 Å². The second-order valence-corrected chi connectivity index (χ2v) is 13.1. The van der Waals surface area contributed by atoms with Gasteiger partial charge >= 0.3 is 0 Å². The first kappa shape index (κ1) is 44.4. The predicted molar refractivity (Wildman–Crippen MR) is 205 cm³/mol. The first-order valence-corrected chi connectivity index (χ1v) is 18.0. The summed E-state index contributed by atoms with van der Waals surface area (Å²) in [6.45, 7) is 32.0. The molecule has 0 aliphatic heterocycles. The van der Waals surface area contributed by atoms with E-state index in [-0.39, 0.29) is 0 Å². The Kier molecular flexibility index (Phi) is 29.6. The molecule has 2 aromatic rings. The molecule has 45 heavy (non-hydrogen) atoms. The van der Waals surface area contributed by atoms with Crippen molar-refractivity contribution in [3.63, 3.8) is 0 Å². The molecule has 0 aliphatic carbocycles. The van der Waals surface area contributed by atoms with Crippen LogP contribution in [0.15, 0.2) is 89.7 Å². The lowest BCUT2D eigenvalue weighted by Crippen LogP contribution is -2.05. The topological polar surface area (TPSA) is 35.0 Å². The summed E-state index contributed by atoms with van der Waals surface area (Å²) in [5.74, 6) is 2.08. The predicted octanol–water partition coefficient (Wildman–Crippen LogP) is 13.7. The Labute approximate surface area is 283 Å². The van der Waals surface area contributed by atoms with E-state index in [4.69, 9.17) is 4.74 Å². The normalized spacial score (nSPS) is 11.3. The number of allylic oxidation sites excluding steroid dienone is 6. The summed E-state index contributed by atoms with van der Waals surface area (Å²) in [7, 11) is 0. The van der Waals surface area contributed by atoms with Gasteiger partial charge < -0.3 is 4.74 Å². The van der Waals surface area contributed by atoms with Crippen LogP contribution in [0.1, 0.15) is 144 Å². The summed E-state index contributed by atoms with van der Waals surface area (Å²) in [6, 6.07) is 6.04. The van der Waals surface area contributed by atoms with Crippen LogP contribution in [-0.2, 0) is 6.42 Å². The third-order valence-electron chi connectivity index (χ3n) is 7.43. The molecule has 0 saturated heterocycles. The zero-order valence-electron chi connectivity index (χ0n) is 31.0. The van der Waals surface area contributed by atoms with E-state index in [1.165, 1.54) is 79.4 Å².